The van der Waals surface area contributed by atoms with E-state index in [1.54, 1.807) is 0 Å². The van der Waals surface area contributed by atoms with E-state index in [2.05, 4.69) is 4.98 Å². The van der Waals surface area contributed by atoms with Crippen LogP contribution in [0.5, 0.6) is 5.88 Å². The molecule has 2 heterocycles. The van der Waals surface area contributed by atoms with Crippen molar-refractivity contribution >= 4 is 34.4 Å². The van der Waals surface area contributed by atoms with Crippen molar-refractivity contribution in [3.63, 3.8) is 0 Å². The molecule has 10 nitrogen and oxygen atoms in total. The van der Waals surface area contributed by atoms with Crippen LogP contribution in [0.25, 0.3) is 11.0 Å². The maximum absolute atomic E-state index is 13.8. The molecule has 1 N–H and O–H groups in total. The van der Waals surface area contributed by atoms with Gasteiger partial charge in [-0.1, -0.05) is 17.7 Å². The van der Waals surface area contributed by atoms with Gasteiger partial charge >= 0.3 is 5.69 Å². The molecule has 4 rings (SSSR count). The van der Waals surface area contributed by atoms with Gasteiger partial charge in [0.2, 0.25) is 11.8 Å². The standard InChI is InChI=1S/C25H21ClF2N4O6/c1-13(33)31-19-8-14(4-7-18(19)32(24(31)36)23(35)25(2,3)37)10-30-12-29-21(20(26)22(30)34)38-11-15-5-6-16(27)9-17(15)28/h4-9,12,37H,10-11H2,1-3H3. The molecule has 0 spiro atoms. The van der Waals surface area contributed by atoms with Crippen LogP contribution in [0.1, 0.15) is 41.5 Å². The molecule has 13 heteroatoms. The highest BCUT2D eigenvalue weighted by Crippen LogP contribution is 2.21. The number of carbonyl (C=O) groups excluding carboxylic acids is 2. The number of nitrogens with zero attached hydrogens (tertiary/aromatic N) is 4. The van der Waals surface area contributed by atoms with E-state index >= 15 is 0 Å². The van der Waals surface area contributed by atoms with E-state index in [0.717, 1.165) is 33.0 Å². The molecule has 4 aromatic rings. The molecular weight excluding hydrogens is 526 g/mol. The predicted molar refractivity (Wildman–Crippen MR) is 133 cm³/mol. The Morgan fingerprint density at radius 1 is 1.08 bits per heavy atom. The minimum atomic E-state index is -1.87. The van der Waals surface area contributed by atoms with Gasteiger partial charge in [-0.05, 0) is 43.7 Å². The number of fused-ring (bicyclic) bond motifs is 1. The van der Waals surface area contributed by atoms with Gasteiger partial charge in [0, 0.05) is 18.6 Å². The predicted octanol–water partition coefficient (Wildman–Crippen LogP) is 2.99. The summed E-state index contributed by atoms with van der Waals surface area (Å²) in [7, 11) is 0. The molecule has 0 bridgehead atoms. The number of hydrogen-bond acceptors (Lipinski definition) is 7. The largest absolute Gasteiger partial charge is 0.471 e. The third kappa shape index (κ3) is 5.00. The van der Waals surface area contributed by atoms with Gasteiger partial charge in [-0.15, -0.1) is 0 Å². The van der Waals surface area contributed by atoms with Crippen LogP contribution in [-0.4, -0.2) is 41.2 Å². The third-order valence-corrected chi connectivity index (χ3v) is 5.95. The SMILES string of the molecule is CC(=O)n1c(=O)n(C(=O)C(C)(C)O)c2ccc(Cn3cnc(OCc4ccc(F)cc4F)c(Cl)c3=O)cc21. The van der Waals surface area contributed by atoms with Crippen LogP contribution in [0.15, 0.2) is 52.3 Å². The lowest BCUT2D eigenvalue weighted by molar-refractivity contribution is 0.0392. The fourth-order valence-electron chi connectivity index (χ4n) is 3.76. The van der Waals surface area contributed by atoms with Gasteiger partial charge in [0.1, 0.15) is 30.2 Å². The van der Waals surface area contributed by atoms with Crippen molar-refractivity contribution in [3.8, 4) is 5.88 Å². The Morgan fingerprint density at radius 2 is 1.79 bits per heavy atom. The fraction of sp³-hybridized carbons (Fsp3) is 0.240. The molecule has 0 fully saturated rings. The zero-order valence-corrected chi connectivity index (χ0v) is 21.1. The van der Waals surface area contributed by atoms with Gasteiger partial charge < -0.3 is 9.84 Å². The van der Waals surface area contributed by atoms with Gasteiger partial charge in [0.25, 0.3) is 11.5 Å². The van der Waals surface area contributed by atoms with Crippen molar-refractivity contribution in [1.29, 1.82) is 0 Å². The summed E-state index contributed by atoms with van der Waals surface area (Å²) in [5, 5.41) is 9.75. The van der Waals surface area contributed by atoms with Crippen molar-refractivity contribution < 1.29 is 28.2 Å². The van der Waals surface area contributed by atoms with Crippen LogP contribution in [0.4, 0.5) is 8.78 Å². The molecule has 2 aromatic heterocycles. The minimum Gasteiger partial charge on any atom is -0.471 e. The smallest absolute Gasteiger partial charge is 0.342 e. The van der Waals surface area contributed by atoms with Gasteiger partial charge in [-0.2, -0.15) is 0 Å². The molecule has 198 valence electrons. The van der Waals surface area contributed by atoms with Gasteiger partial charge in [-0.3, -0.25) is 19.0 Å². The van der Waals surface area contributed by atoms with Crippen LogP contribution in [0.2, 0.25) is 5.02 Å². The van der Waals surface area contributed by atoms with E-state index in [1.807, 2.05) is 0 Å². The Balaban J connectivity index is 1.66. The van der Waals surface area contributed by atoms with Gasteiger partial charge in [-0.25, -0.2) is 27.7 Å². The Morgan fingerprint density at radius 3 is 2.42 bits per heavy atom. The highest BCUT2D eigenvalue weighted by molar-refractivity contribution is 6.31. The van der Waals surface area contributed by atoms with Gasteiger partial charge in [0.05, 0.1) is 17.6 Å². The number of aliphatic hydroxyl groups is 1. The highest BCUT2D eigenvalue weighted by atomic mass is 35.5. The fourth-order valence-corrected chi connectivity index (χ4v) is 3.97. The molecule has 2 aromatic carbocycles. The summed E-state index contributed by atoms with van der Waals surface area (Å²) in [6.07, 6.45) is 1.15. The Hall–Kier alpha value is -4.16. The first kappa shape index (κ1) is 26.9. The van der Waals surface area contributed by atoms with Crippen molar-refractivity contribution in [2.45, 2.75) is 39.5 Å². The van der Waals surface area contributed by atoms with Crippen molar-refractivity contribution in [2.75, 3.05) is 0 Å². The average molecular weight is 547 g/mol. The number of aromatic nitrogens is 4. The van der Waals surface area contributed by atoms with E-state index in [-0.39, 0.29) is 40.7 Å². The van der Waals surface area contributed by atoms with Crippen molar-refractivity contribution in [2.24, 2.45) is 0 Å². The monoisotopic (exact) mass is 546 g/mol. The second-order valence-corrected chi connectivity index (χ2v) is 9.36. The van der Waals surface area contributed by atoms with Crippen LogP contribution in [-0.2, 0) is 13.2 Å². The summed E-state index contributed by atoms with van der Waals surface area (Å²) in [4.78, 5) is 54.6. The second kappa shape index (κ2) is 9.95. The molecule has 0 unspecified atom stereocenters. The lowest BCUT2D eigenvalue weighted by Crippen LogP contribution is -2.42. The lowest BCUT2D eigenvalue weighted by atomic mass is 10.1. The van der Waals surface area contributed by atoms with Crippen LogP contribution in [0, 0.1) is 11.6 Å². The van der Waals surface area contributed by atoms with E-state index < -0.39 is 40.3 Å². The molecule has 0 saturated heterocycles. The van der Waals surface area contributed by atoms with E-state index in [9.17, 15) is 33.1 Å². The molecule has 38 heavy (non-hydrogen) atoms. The number of carbonyl (C=O) groups is 2. The lowest BCUT2D eigenvalue weighted by Gasteiger charge is -2.15. The molecule has 0 aliphatic heterocycles. The molecule has 0 aliphatic carbocycles. The van der Waals surface area contributed by atoms with Crippen LogP contribution in [0.3, 0.4) is 0 Å². The van der Waals surface area contributed by atoms with E-state index in [1.165, 1.54) is 38.1 Å². The summed E-state index contributed by atoms with van der Waals surface area (Å²) in [6, 6.07) is 7.36. The summed E-state index contributed by atoms with van der Waals surface area (Å²) in [5.74, 6) is -3.39. The quantitative estimate of drug-likeness (QED) is 0.394. The average Bonchev–Trinajstić information content (AvgIpc) is 3.12. The summed E-state index contributed by atoms with van der Waals surface area (Å²) < 4.78 is 34.9. The molecule has 0 radical (unpaired) electrons. The minimum absolute atomic E-state index is 0.0354. The van der Waals surface area contributed by atoms with Crippen LogP contribution < -0.4 is 16.0 Å². The Bertz CT molecular complexity index is 1720. The molecular formula is C25H21ClF2N4O6. The maximum atomic E-state index is 13.8. The first-order chi connectivity index (χ1) is 17.8. The molecule has 0 amide bonds. The summed E-state index contributed by atoms with van der Waals surface area (Å²) in [6.45, 7) is 3.17. The van der Waals surface area contributed by atoms with Gasteiger partial charge in [0.15, 0.2) is 5.02 Å². The number of rotatable bonds is 6. The number of ether oxygens (including phenoxy) is 1. The Kier molecular flexibility index (Phi) is 7.04. The van der Waals surface area contributed by atoms with E-state index in [4.69, 9.17) is 16.3 Å². The molecule has 0 aliphatic rings. The first-order valence-electron chi connectivity index (χ1n) is 11.2. The molecule has 0 saturated carbocycles. The summed E-state index contributed by atoms with van der Waals surface area (Å²) in [5.41, 5.74) is -2.80. The topological polar surface area (TPSA) is 125 Å². The normalized spacial score (nSPS) is 11.7. The number of hydrogen-bond donors (Lipinski definition) is 1. The highest BCUT2D eigenvalue weighted by Gasteiger charge is 2.31. The Labute approximate surface area is 218 Å². The van der Waals surface area contributed by atoms with Crippen LogP contribution >= 0.6 is 11.6 Å². The first-order valence-corrected chi connectivity index (χ1v) is 11.5. The summed E-state index contributed by atoms with van der Waals surface area (Å²) >= 11 is 6.13. The maximum Gasteiger partial charge on any atom is 0.342 e. The number of benzene rings is 2. The second-order valence-electron chi connectivity index (χ2n) is 8.98. The van der Waals surface area contributed by atoms with Crippen molar-refractivity contribution in [3.05, 3.63) is 91.3 Å². The zero-order chi connectivity index (χ0) is 27.9. The number of imidazole rings is 1. The third-order valence-electron chi connectivity index (χ3n) is 5.63. The van der Waals surface area contributed by atoms with E-state index in [0.29, 0.717) is 11.6 Å². The van der Waals surface area contributed by atoms with Crippen molar-refractivity contribution in [1.82, 2.24) is 18.7 Å². The zero-order valence-electron chi connectivity index (χ0n) is 20.4. The number of halogens is 3. The molecule has 0 atom stereocenters.